The lowest BCUT2D eigenvalue weighted by molar-refractivity contribution is 0.0988. The normalized spacial score (nSPS) is 16.9. The van der Waals surface area contributed by atoms with E-state index in [1.54, 1.807) is 16.4 Å². The number of aryl methyl sites for hydroxylation is 2. The molecule has 0 N–H and O–H groups in total. The standard InChI is InChI=1S/C22H25ClN4OS/c1-12(2)17-11-16(20-14(4)25-26(5)21(20)24-17)22(28)27-9-8-13(3)29-19-7-6-15(23)10-18(19)27/h6-7,10-13H,8-9H2,1-5H3/t13-/m0/s1. The van der Waals surface area contributed by atoms with E-state index in [0.29, 0.717) is 22.4 Å². The van der Waals surface area contributed by atoms with Crippen LogP contribution >= 0.6 is 23.4 Å². The number of amides is 1. The molecule has 1 aromatic carbocycles. The molecular weight excluding hydrogens is 404 g/mol. The molecule has 1 aliphatic rings. The Balaban J connectivity index is 1.91. The Morgan fingerprint density at radius 2 is 2.07 bits per heavy atom. The molecule has 29 heavy (non-hydrogen) atoms. The molecule has 1 amide bonds. The smallest absolute Gasteiger partial charge is 0.259 e. The molecule has 3 heterocycles. The molecule has 7 heteroatoms. The fourth-order valence-electron chi connectivity index (χ4n) is 3.79. The summed E-state index contributed by atoms with van der Waals surface area (Å²) in [7, 11) is 1.88. The van der Waals surface area contributed by atoms with E-state index in [2.05, 4.69) is 25.9 Å². The van der Waals surface area contributed by atoms with Crippen LogP contribution in [0.2, 0.25) is 5.02 Å². The fraction of sp³-hybridized carbons (Fsp3) is 0.409. The molecule has 0 saturated carbocycles. The molecule has 1 atom stereocenters. The quantitative estimate of drug-likeness (QED) is 0.534. The molecule has 3 aromatic rings. The van der Waals surface area contributed by atoms with Gasteiger partial charge in [-0.05, 0) is 43.5 Å². The molecule has 1 aliphatic heterocycles. The molecule has 0 bridgehead atoms. The Labute approximate surface area is 180 Å². The minimum atomic E-state index is -0.0198. The Morgan fingerprint density at radius 3 is 2.79 bits per heavy atom. The van der Waals surface area contributed by atoms with Gasteiger partial charge in [-0.15, -0.1) is 11.8 Å². The van der Waals surface area contributed by atoms with Crippen LogP contribution in [-0.4, -0.2) is 32.5 Å². The first-order valence-corrected chi connectivity index (χ1v) is 11.1. The minimum Gasteiger partial charge on any atom is -0.307 e. The lowest BCUT2D eigenvalue weighted by Crippen LogP contribution is -2.32. The number of nitrogens with zero attached hydrogens (tertiary/aromatic N) is 4. The Morgan fingerprint density at radius 1 is 1.31 bits per heavy atom. The molecular formula is C22H25ClN4OS. The number of pyridine rings is 1. The van der Waals surface area contributed by atoms with Gasteiger partial charge in [0.1, 0.15) is 0 Å². The van der Waals surface area contributed by atoms with Crippen LogP contribution in [0.3, 0.4) is 0 Å². The van der Waals surface area contributed by atoms with Crippen LogP contribution in [0.1, 0.15) is 54.9 Å². The van der Waals surface area contributed by atoms with Crippen molar-refractivity contribution in [3.05, 3.63) is 46.2 Å². The highest BCUT2D eigenvalue weighted by atomic mass is 35.5. The average molecular weight is 429 g/mol. The zero-order valence-electron chi connectivity index (χ0n) is 17.4. The van der Waals surface area contributed by atoms with Crippen molar-refractivity contribution in [3.63, 3.8) is 0 Å². The van der Waals surface area contributed by atoms with Gasteiger partial charge in [0.05, 0.1) is 22.3 Å². The van der Waals surface area contributed by atoms with Crippen molar-refractivity contribution in [2.75, 3.05) is 11.4 Å². The maximum atomic E-state index is 13.9. The summed E-state index contributed by atoms with van der Waals surface area (Å²) in [6, 6.07) is 7.75. The van der Waals surface area contributed by atoms with Crippen LogP contribution in [0.15, 0.2) is 29.2 Å². The first-order valence-electron chi connectivity index (χ1n) is 9.88. The van der Waals surface area contributed by atoms with Crippen molar-refractivity contribution < 1.29 is 4.79 Å². The third kappa shape index (κ3) is 3.64. The zero-order valence-corrected chi connectivity index (χ0v) is 18.9. The maximum absolute atomic E-state index is 13.9. The predicted molar refractivity (Wildman–Crippen MR) is 120 cm³/mol. The summed E-state index contributed by atoms with van der Waals surface area (Å²) < 4.78 is 1.76. The van der Waals surface area contributed by atoms with Crippen LogP contribution in [0.5, 0.6) is 0 Å². The van der Waals surface area contributed by atoms with Gasteiger partial charge in [-0.2, -0.15) is 5.10 Å². The molecule has 0 fully saturated rings. The number of hydrogen-bond acceptors (Lipinski definition) is 4. The molecule has 0 aliphatic carbocycles. The van der Waals surface area contributed by atoms with Crippen LogP contribution < -0.4 is 4.90 Å². The maximum Gasteiger partial charge on any atom is 0.259 e. The van der Waals surface area contributed by atoms with Crippen molar-refractivity contribution in [2.24, 2.45) is 7.05 Å². The van der Waals surface area contributed by atoms with Gasteiger partial charge in [0.2, 0.25) is 0 Å². The second-order valence-electron chi connectivity index (χ2n) is 7.94. The fourth-order valence-corrected chi connectivity index (χ4v) is 5.05. The van der Waals surface area contributed by atoms with Gasteiger partial charge in [-0.1, -0.05) is 32.4 Å². The van der Waals surface area contributed by atoms with Crippen molar-refractivity contribution in [2.45, 2.75) is 50.2 Å². The predicted octanol–water partition coefficient (Wildman–Crippen LogP) is 5.58. The summed E-state index contributed by atoms with van der Waals surface area (Å²) in [5.74, 6) is 0.191. The molecule has 4 rings (SSSR count). The number of halogens is 1. The zero-order chi connectivity index (χ0) is 20.9. The molecule has 2 aromatic heterocycles. The van der Waals surface area contributed by atoms with Crippen LogP contribution in [0.25, 0.3) is 11.0 Å². The number of benzene rings is 1. The largest absolute Gasteiger partial charge is 0.307 e. The molecule has 152 valence electrons. The molecule has 0 unspecified atom stereocenters. The highest BCUT2D eigenvalue weighted by Gasteiger charge is 2.28. The van der Waals surface area contributed by atoms with E-state index in [1.165, 1.54) is 0 Å². The molecule has 5 nitrogen and oxygen atoms in total. The number of thioether (sulfide) groups is 1. The molecule has 0 saturated heterocycles. The highest BCUT2D eigenvalue weighted by molar-refractivity contribution is 8.00. The van der Waals surface area contributed by atoms with E-state index < -0.39 is 0 Å². The second-order valence-corrected chi connectivity index (χ2v) is 9.86. The average Bonchev–Trinajstić information content (AvgIpc) is 2.86. The number of anilines is 1. The van der Waals surface area contributed by atoms with E-state index in [1.807, 2.05) is 43.1 Å². The van der Waals surface area contributed by atoms with Crippen molar-refractivity contribution in [1.82, 2.24) is 14.8 Å². The number of carbonyl (C=O) groups is 1. The Kier molecular flexibility index (Phi) is 5.34. The van der Waals surface area contributed by atoms with Crippen molar-refractivity contribution in [1.29, 1.82) is 0 Å². The van der Waals surface area contributed by atoms with Crippen LogP contribution in [-0.2, 0) is 7.05 Å². The van der Waals surface area contributed by atoms with Crippen LogP contribution in [0.4, 0.5) is 5.69 Å². The lowest BCUT2D eigenvalue weighted by Gasteiger charge is -2.24. The van der Waals surface area contributed by atoms with Crippen LogP contribution in [0, 0.1) is 6.92 Å². The van der Waals surface area contributed by atoms with E-state index in [9.17, 15) is 4.79 Å². The van der Waals surface area contributed by atoms with Gasteiger partial charge in [-0.3, -0.25) is 9.48 Å². The van der Waals surface area contributed by atoms with Gasteiger partial charge in [0, 0.05) is 34.5 Å². The Hall–Kier alpha value is -2.05. The third-order valence-electron chi connectivity index (χ3n) is 5.35. The summed E-state index contributed by atoms with van der Waals surface area (Å²) in [5, 5.41) is 6.42. The third-order valence-corrected chi connectivity index (χ3v) is 6.83. The van der Waals surface area contributed by atoms with Gasteiger partial charge in [-0.25, -0.2) is 4.98 Å². The second kappa shape index (κ2) is 7.65. The summed E-state index contributed by atoms with van der Waals surface area (Å²) >= 11 is 8.10. The number of carbonyl (C=O) groups excluding carboxylic acids is 1. The Bertz CT molecular complexity index is 1110. The topological polar surface area (TPSA) is 51.0 Å². The summed E-state index contributed by atoms with van der Waals surface area (Å²) in [6.45, 7) is 8.96. The number of hydrogen-bond donors (Lipinski definition) is 0. The van der Waals surface area contributed by atoms with Gasteiger partial charge < -0.3 is 4.90 Å². The van der Waals surface area contributed by atoms with E-state index >= 15 is 0 Å². The van der Waals surface area contributed by atoms with E-state index in [-0.39, 0.29) is 11.8 Å². The SMILES string of the molecule is Cc1nn(C)c2nc(C(C)C)cc(C(=O)N3CC[C@H](C)Sc4ccc(Cl)cc43)c12. The van der Waals surface area contributed by atoms with E-state index in [4.69, 9.17) is 16.6 Å². The number of fused-ring (bicyclic) bond motifs is 2. The van der Waals surface area contributed by atoms with Gasteiger partial charge in [0.25, 0.3) is 5.91 Å². The number of rotatable bonds is 2. The monoisotopic (exact) mass is 428 g/mol. The molecule has 0 spiro atoms. The van der Waals surface area contributed by atoms with Crippen molar-refractivity contribution in [3.8, 4) is 0 Å². The molecule has 0 radical (unpaired) electrons. The van der Waals surface area contributed by atoms with E-state index in [0.717, 1.165) is 39.4 Å². The lowest BCUT2D eigenvalue weighted by atomic mass is 10.0. The first-order chi connectivity index (χ1) is 13.8. The summed E-state index contributed by atoms with van der Waals surface area (Å²) in [4.78, 5) is 21.6. The highest BCUT2D eigenvalue weighted by Crippen LogP contribution is 2.40. The minimum absolute atomic E-state index is 0.0198. The van der Waals surface area contributed by atoms with Gasteiger partial charge >= 0.3 is 0 Å². The van der Waals surface area contributed by atoms with Crippen molar-refractivity contribution >= 4 is 46.0 Å². The van der Waals surface area contributed by atoms with Gasteiger partial charge in [0.15, 0.2) is 5.65 Å². The summed E-state index contributed by atoms with van der Waals surface area (Å²) in [6.07, 6.45) is 0.917. The first kappa shape index (κ1) is 20.2. The number of aromatic nitrogens is 3. The summed E-state index contributed by atoms with van der Waals surface area (Å²) in [5.41, 5.74) is 4.01.